The molecule has 0 aliphatic rings. The van der Waals surface area contributed by atoms with Crippen LogP contribution in [0.15, 0.2) is 18.2 Å². The van der Waals surface area contributed by atoms with Gasteiger partial charge in [0.1, 0.15) is 11.4 Å². The zero-order valence-corrected chi connectivity index (χ0v) is 16.1. The van der Waals surface area contributed by atoms with Crippen LogP contribution in [0.25, 0.3) is 11.1 Å². The molecular weight excluding hydrogens is 280 g/mol. The van der Waals surface area contributed by atoms with Gasteiger partial charge in [0.15, 0.2) is 0 Å². The molecule has 2 aromatic rings. The van der Waals surface area contributed by atoms with E-state index in [-0.39, 0.29) is 5.60 Å². The minimum atomic E-state index is -0.215. The lowest BCUT2D eigenvalue weighted by Crippen LogP contribution is -2.24. The SMILES string of the molecule is Cc1ccc(C)c(-c2c(C)c(C)cc(C)c2OC(C)(C)C)c1C. The van der Waals surface area contributed by atoms with E-state index < -0.39 is 0 Å². The molecule has 0 aliphatic carbocycles. The second-order valence-electron chi connectivity index (χ2n) is 7.75. The highest BCUT2D eigenvalue weighted by Gasteiger charge is 2.22. The van der Waals surface area contributed by atoms with Crippen LogP contribution < -0.4 is 4.74 Å². The molecule has 0 radical (unpaired) electrons. The first-order chi connectivity index (χ1) is 10.5. The molecule has 0 aromatic heterocycles. The molecule has 1 nitrogen and oxygen atoms in total. The number of rotatable bonds is 2. The molecule has 0 aliphatic heterocycles. The van der Waals surface area contributed by atoms with Crippen LogP contribution in [0.3, 0.4) is 0 Å². The third-order valence-electron chi connectivity index (χ3n) is 4.59. The maximum Gasteiger partial charge on any atom is 0.131 e. The fourth-order valence-corrected chi connectivity index (χ4v) is 3.14. The van der Waals surface area contributed by atoms with Crippen LogP contribution >= 0.6 is 0 Å². The van der Waals surface area contributed by atoms with Crippen molar-refractivity contribution in [1.29, 1.82) is 0 Å². The molecule has 0 amide bonds. The monoisotopic (exact) mass is 310 g/mol. The second-order valence-corrected chi connectivity index (χ2v) is 7.75. The molecule has 0 fully saturated rings. The van der Waals surface area contributed by atoms with E-state index in [4.69, 9.17) is 4.74 Å². The third-order valence-corrected chi connectivity index (χ3v) is 4.59. The van der Waals surface area contributed by atoms with Crippen LogP contribution in [0.2, 0.25) is 0 Å². The zero-order valence-electron chi connectivity index (χ0n) is 16.1. The van der Waals surface area contributed by atoms with E-state index in [2.05, 4.69) is 80.5 Å². The maximum atomic E-state index is 6.40. The molecule has 0 atom stereocenters. The van der Waals surface area contributed by atoms with Gasteiger partial charge < -0.3 is 4.74 Å². The van der Waals surface area contributed by atoms with Crippen molar-refractivity contribution in [3.05, 3.63) is 51.6 Å². The van der Waals surface area contributed by atoms with E-state index in [9.17, 15) is 0 Å². The summed E-state index contributed by atoms with van der Waals surface area (Å²) >= 11 is 0. The lowest BCUT2D eigenvalue weighted by atomic mass is 9.86. The van der Waals surface area contributed by atoms with Gasteiger partial charge >= 0.3 is 0 Å². The number of hydrogen-bond donors (Lipinski definition) is 0. The summed E-state index contributed by atoms with van der Waals surface area (Å²) in [5, 5.41) is 0. The van der Waals surface area contributed by atoms with Gasteiger partial charge in [-0.15, -0.1) is 0 Å². The van der Waals surface area contributed by atoms with Crippen molar-refractivity contribution in [2.45, 2.75) is 67.9 Å². The molecule has 0 N–H and O–H groups in total. The van der Waals surface area contributed by atoms with E-state index in [1.54, 1.807) is 0 Å². The van der Waals surface area contributed by atoms with Crippen LogP contribution in [0.5, 0.6) is 5.75 Å². The molecule has 2 rings (SSSR count). The van der Waals surface area contributed by atoms with Gasteiger partial charge in [-0.1, -0.05) is 18.2 Å². The fourth-order valence-electron chi connectivity index (χ4n) is 3.14. The summed E-state index contributed by atoms with van der Waals surface area (Å²) in [5.41, 5.74) is 10.2. The smallest absolute Gasteiger partial charge is 0.131 e. The van der Waals surface area contributed by atoms with Crippen LogP contribution in [0.4, 0.5) is 0 Å². The number of ether oxygens (including phenoxy) is 1. The number of aryl methyl sites for hydroxylation is 4. The fraction of sp³-hybridized carbons (Fsp3) is 0.455. The molecule has 0 spiro atoms. The van der Waals surface area contributed by atoms with Crippen molar-refractivity contribution in [2.24, 2.45) is 0 Å². The van der Waals surface area contributed by atoms with Gasteiger partial charge in [0.2, 0.25) is 0 Å². The molecule has 0 bridgehead atoms. The summed E-state index contributed by atoms with van der Waals surface area (Å²) in [7, 11) is 0. The van der Waals surface area contributed by atoms with Gasteiger partial charge in [0.25, 0.3) is 0 Å². The summed E-state index contributed by atoms with van der Waals surface area (Å²) in [6.07, 6.45) is 0. The minimum Gasteiger partial charge on any atom is -0.487 e. The standard InChI is InChI=1S/C22H30O/c1-13-10-11-14(2)19(17(13)5)20-18(6)15(3)12-16(4)21(20)23-22(7,8)9/h10-12H,1-9H3. The van der Waals surface area contributed by atoms with E-state index in [1.807, 2.05) is 0 Å². The Labute approximate surface area is 141 Å². The Morgan fingerprint density at radius 1 is 0.652 bits per heavy atom. The highest BCUT2D eigenvalue weighted by Crippen LogP contribution is 2.42. The van der Waals surface area contributed by atoms with Crippen LogP contribution in [0, 0.1) is 41.5 Å². The average molecular weight is 310 g/mol. The van der Waals surface area contributed by atoms with Crippen molar-refractivity contribution in [2.75, 3.05) is 0 Å². The van der Waals surface area contributed by atoms with Crippen molar-refractivity contribution >= 4 is 0 Å². The van der Waals surface area contributed by atoms with Gasteiger partial charge in [0.05, 0.1) is 0 Å². The average Bonchev–Trinajstić information content (AvgIpc) is 2.42. The van der Waals surface area contributed by atoms with Crippen molar-refractivity contribution < 1.29 is 4.74 Å². The predicted molar refractivity (Wildman–Crippen MR) is 101 cm³/mol. The molecule has 23 heavy (non-hydrogen) atoms. The van der Waals surface area contributed by atoms with E-state index in [0.29, 0.717) is 0 Å². The Hall–Kier alpha value is -1.76. The molecule has 124 valence electrons. The Balaban J connectivity index is 2.88. The summed E-state index contributed by atoms with van der Waals surface area (Å²) in [5.74, 6) is 1.03. The highest BCUT2D eigenvalue weighted by atomic mass is 16.5. The van der Waals surface area contributed by atoms with E-state index in [0.717, 1.165) is 5.75 Å². The van der Waals surface area contributed by atoms with Crippen LogP contribution in [0.1, 0.15) is 54.2 Å². The highest BCUT2D eigenvalue weighted by molar-refractivity contribution is 5.81. The predicted octanol–water partition coefficient (Wildman–Crippen LogP) is 6.38. The first-order valence-corrected chi connectivity index (χ1v) is 8.40. The minimum absolute atomic E-state index is 0.215. The van der Waals surface area contributed by atoms with Crippen molar-refractivity contribution in [1.82, 2.24) is 0 Å². The Morgan fingerprint density at radius 2 is 1.17 bits per heavy atom. The molecule has 0 saturated heterocycles. The Morgan fingerprint density at radius 3 is 1.74 bits per heavy atom. The van der Waals surface area contributed by atoms with Gasteiger partial charge in [-0.3, -0.25) is 0 Å². The molecular formula is C22H30O. The Kier molecular flexibility index (Phi) is 4.61. The molecule has 0 heterocycles. The lowest BCUT2D eigenvalue weighted by Gasteiger charge is -2.28. The first-order valence-electron chi connectivity index (χ1n) is 8.40. The summed E-state index contributed by atoms with van der Waals surface area (Å²) < 4.78 is 6.40. The normalized spacial score (nSPS) is 11.7. The van der Waals surface area contributed by atoms with Crippen molar-refractivity contribution in [3.8, 4) is 16.9 Å². The van der Waals surface area contributed by atoms with Crippen LogP contribution in [-0.2, 0) is 0 Å². The second kappa shape index (κ2) is 6.03. The topological polar surface area (TPSA) is 9.23 Å². The van der Waals surface area contributed by atoms with Gasteiger partial charge in [-0.2, -0.15) is 0 Å². The summed E-state index contributed by atoms with van der Waals surface area (Å²) in [6, 6.07) is 6.66. The van der Waals surface area contributed by atoms with Crippen molar-refractivity contribution in [3.63, 3.8) is 0 Å². The molecule has 2 aromatic carbocycles. The number of hydrogen-bond acceptors (Lipinski definition) is 1. The molecule has 1 heteroatoms. The molecule has 0 saturated carbocycles. The zero-order chi connectivity index (χ0) is 17.5. The van der Waals surface area contributed by atoms with Gasteiger partial charge in [-0.05, 0) is 101 Å². The van der Waals surface area contributed by atoms with E-state index >= 15 is 0 Å². The Bertz CT molecular complexity index is 746. The van der Waals surface area contributed by atoms with E-state index in [1.165, 1.54) is 44.5 Å². The van der Waals surface area contributed by atoms with Gasteiger partial charge in [0, 0.05) is 5.56 Å². The third kappa shape index (κ3) is 3.44. The lowest BCUT2D eigenvalue weighted by molar-refractivity contribution is 0.130. The summed E-state index contributed by atoms with van der Waals surface area (Å²) in [4.78, 5) is 0. The number of benzene rings is 2. The maximum absolute atomic E-state index is 6.40. The first kappa shape index (κ1) is 17.6. The van der Waals surface area contributed by atoms with Gasteiger partial charge in [-0.25, -0.2) is 0 Å². The largest absolute Gasteiger partial charge is 0.487 e. The summed E-state index contributed by atoms with van der Waals surface area (Å²) in [6.45, 7) is 19.5. The van der Waals surface area contributed by atoms with Crippen LogP contribution in [-0.4, -0.2) is 5.60 Å². The molecule has 0 unspecified atom stereocenters. The quantitative estimate of drug-likeness (QED) is 0.625.